The average molecular weight is 482 g/mol. The molecule has 0 aliphatic carbocycles. The summed E-state index contributed by atoms with van der Waals surface area (Å²) in [4.78, 5) is 51.1. The fraction of sp³-hybridized carbons (Fsp3) is 0.545. The Kier molecular flexibility index (Phi) is 8.65. The summed E-state index contributed by atoms with van der Waals surface area (Å²) in [5.41, 5.74) is 1.06. The Morgan fingerprint density at radius 1 is 1.30 bits per heavy atom. The summed E-state index contributed by atoms with van der Waals surface area (Å²) in [6.07, 6.45) is 0.312. The van der Waals surface area contributed by atoms with Crippen LogP contribution in [0.3, 0.4) is 0 Å². The third kappa shape index (κ3) is 6.21. The minimum Gasteiger partial charge on any atom is -0.433 e. The van der Waals surface area contributed by atoms with Crippen molar-refractivity contribution in [1.29, 1.82) is 0 Å². The van der Waals surface area contributed by atoms with Crippen molar-refractivity contribution >= 4 is 35.3 Å². The van der Waals surface area contributed by atoms with Crippen LogP contribution in [0.25, 0.3) is 0 Å². The van der Waals surface area contributed by atoms with Crippen LogP contribution in [-0.2, 0) is 35.2 Å². The van der Waals surface area contributed by atoms with Gasteiger partial charge in [0, 0.05) is 20.3 Å². The number of carbonyl (C=O) groups excluding carboxylic acids is 4. The normalized spacial score (nSPS) is 22.2. The molecule has 0 saturated carbocycles. The molecule has 0 unspecified atom stereocenters. The number of methoxy groups -OCH3 is 1. The molecule has 2 saturated heterocycles. The minimum atomic E-state index is -0.837. The van der Waals surface area contributed by atoms with Crippen molar-refractivity contribution in [2.24, 2.45) is 0 Å². The van der Waals surface area contributed by atoms with E-state index in [-0.39, 0.29) is 35.4 Å². The summed E-state index contributed by atoms with van der Waals surface area (Å²) >= 11 is 6.18. The van der Waals surface area contributed by atoms with E-state index in [1.165, 1.54) is 4.90 Å². The van der Waals surface area contributed by atoms with Gasteiger partial charge in [0.25, 0.3) is 5.91 Å². The predicted octanol–water partition coefficient (Wildman–Crippen LogP) is 1.00. The first-order valence-electron chi connectivity index (χ1n) is 10.8. The van der Waals surface area contributed by atoms with Gasteiger partial charge in [0.1, 0.15) is 12.1 Å². The van der Waals surface area contributed by atoms with Crippen molar-refractivity contribution in [3.05, 3.63) is 34.3 Å². The summed E-state index contributed by atoms with van der Waals surface area (Å²) in [5.74, 6) is -1.70. The quantitative estimate of drug-likeness (QED) is 0.504. The van der Waals surface area contributed by atoms with Gasteiger partial charge in [0.05, 0.1) is 30.2 Å². The van der Waals surface area contributed by atoms with Crippen LogP contribution in [0.2, 0.25) is 5.02 Å². The van der Waals surface area contributed by atoms with Crippen molar-refractivity contribution in [2.75, 3.05) is 26.8 Å². The third-order valence-electron chi connectivity index (χ3n) is 5.49. The monoisotopic (exact) mass is 481 g/mol. The number of esters is 1. The van der Waals surface area contributed by atoms with Crippen LogP contribution in [0.1, 0.15) is 42.1 Å². The summed E-state index contributed by atoms with van der Waals surface area (Å²) in [6, 6.07) is 3.63. The number of carbonyl (C=O) groups is 4. The average Bonchev–Trinajstić information content (AvgIpc) is 3.39. The van der Waals surface area contributed by atoms with Crippen molar-refractivity contribution in [3.8, 4) is 0 Å². The number of ether oxygens (including phenoxy) is 3. The number of amides is 3. The lowest BCUT2D eigenvalue weighted by molar-refractivity contribution is -0.164. The van der Waals surface area contributed by atoms with Crippen LogP contribution in [0.5, 0.6) is 0 Å². The van der Waals surface area contributed by atoms with E-state index < -0.39 is 30.3 Å². The molecule has 0 aromatic heterocycles. The van der Waals surface area contributed by atoms with E-state index in [1.54, 1.807) is 32.2 Å². The maximum absolute atomic E-state index is 12.8. The molecule has 33 heavy (non-hydrogen) atoms. The van der Waals surface area contributed by atoms with Crippen molar-refractivity contribution < 1.29 is 33.4 Å². The highest BCUT2D eigenvalue weighted by Crippen LogP contribution is 2.21. The Balaban J connectivity index is 1.55. The second kappa shape index (κ2) is 11.4. The predicted molar refractivity (Wildman–Crippen MR) is 117 cm³/mol. The Hall–Kier alpha value is -2.69. The molecule has 2 aliphatic heterocycles. The number of cyclic esters (lactones) is 1. The summed E-state index contributed by atoms with van der Waals surface area (Å²) in [6.45, 7) is 2.58. The van der Waals surface area contributed by atoms with Crippen molar-refractivity contribution in [3.63, 3.8) is 0 Å². The Morgan fingerprint density at radius 3 is 2.79 bits per heavy atom. The molecular formula is C22H28ClN3O7. The Morgan fingerprint density at radius 2 is 2.09 bits per heavy atom. The molecule has 3 rings (SSSR count). The molecule has 1 aromatic rings. The molecule has 0 spiro atoms. The van der Waals surface area contributed by atoms with Crippen LogP contribution in [0, 0.1) is 0 Å². The van der Waals surface area contributed by atoms with Gasteiger partial charge >= 0.3 is 5.97 Å². The van der Waals surface area contributed by atoms with Gasteiger partial charge < -0.3 is 29.7 Å². The van der Waals surface area contributed by atoms with E-state index in [4.69, 9.17) is 25.8 Å². The fourth-order valence-electron chi connectivity index (χ4n) is 3.94. The molecule has 0 radical (unpaired) electrons. The summed E-state index contributed by atoms with van der Waals surface area (Å²) in [5, 5.41) is 5.59. The lowest BCUT2D eigenvalue weighted by Gasteiger charge is -2.26. The van der Waals surface area contributed by atoms with Crippen LogP contribution in [0.4, 0.5) is 0 Å². The van der Waals surface area contributed by atoms with E-state index in [1.807, 2.05) is 0 Å². The van der Waals surface area contributed by atoms with Gasteiger partial charge in [0.15, 0.2) is 0 Å². The van der Waals surface area contributed by atoms with Crippen LogP contribution in [0.15, 0.2) is 18.2 Å². The van der Waals surface area contributed by atoms with E-state index in [0.717, 1.165) is 5.56 Å². The van der Waals surface area contributed by atoms with Crippen molar-refractivity contribution in [1.82, 2.24) is 15.5 Å². The number of likely N-dealkylation sites (tertiary alicyclic amines) is 1. The number of nitrogens with one attached hydrogen (secondary N) is 2. The first kappa shape index (κ1) is 24.9. The molecule has 2 heterocycles. The number of hydrogen-bond donors (Lipinski definition) is 2. The molecule has 11 heteroatoms. The molecule has 2 fully saturated rings. The molecular weight excluding hydrogens is 454 g/mol. The van der Waals surface area contributed by atoms with Gasteiger partial charge in [0.2, 0.25) is 18.1 Å². The molecule has 0 bridgehead atoms. The van der Waals surface area contributed by atoms with Gasteiger partial charge in [-0.05, 0) is 37.5 Å². The topological polar surface area (TPSA) is 123 Å². The van der Waals surface area contributed by atoms with Gasteiger partial charge in [-0.15, -0.1) is 0 Å². The number of rotatable bonds is 9. The van der Waals surface area contributed by atoms with E-state index in [9.17, 15) is 19.2 Å². The zero-order valence-electron chi connectivity index (χ0n) is 18.6. The Labute approximate surface area is 196 Å². The van der Waals surface area contributed by atoms with Crippen LogP contribution >= 0.6 is 11.6 Å². The maximum atomic E-state index is 12.8. The fourth-order valence-corrected chi connectivity index (χ4v) is 4.23. The first-order valence-corrected chi connectivity index (χ1v) is 11.2. The zero-order chi connectivity index (χ0) is 24.0. The number of nitrogens with zero attached hydrogens (tertiary/aromatic N) is 1. The highest BCUT2D eigenvalue weighted by molar-refractivity contribution is 6.34. The standard InChI is InChI=1S/C22H28ClN3O7/c1-3-32-22-16(10-19(28)33-22)25-21(30)17-5-4-8-26(17)18(27)11-24-20(29)14-7-6-13(12-31-2)9-15(14)23/h6-7,9,16-17,22H,3-5,8,10-12H2,1-2H3,(H,24,29)(H,25,30)/t16-,17-,22+/m0/s1. The summed E-state index contributed by atoms with van der Waals surface area (Å²) in [7, 11) is 1.56. The van der Waals surface area contributed by atoms with Gasteiger partial charge in [-0.3, -0.25) is 19.2 Å². The van der Waals surface area contributed by atoms with Gasteiger partial charge in [-0.2, -0.15) is 0 Å². The SMILES string of the molecule is CCO[C@@H]1OC(=O)C[C@@H]1NC(=O)[C@@H]1CCCN1C(=O)CNC(=O)c1ccc(COC)cc1Cl. The van der Waals surface area contributed by atoms with E-state index in [0.29, 0.717) is 32.6 Å². The van der Waals surface area contributed by atoms with Crippen molar-refractivity contribution in [2.45, 2.75) is 51.2 Å². The van der Waals surface area contributed by atoms with Gasteiger partial charge in [-0.1, -0.05) is 17.7 Å². The largest absolute Gasteiger partial charge is 0.433 e. The van der Waals surface area contributed by atoms with Crippen LogP contribution in [-0.4, -0.2) is 73.8 Å². The zero-order valence-corrected chi connectivity index (χ0v) is 19.4. The third-order valence-corrected chi connectivity index (χ3v) is 5.80. The van der Waals surface area contributed by atoms with Gasteiger partial charge in [-0.25, -0.2) is 0 Å². The highest BCUT2D eigenvalue weighted by atomic mass is 35.5. The van der Waals surface area contributed by atoms with Crippen LogP contribution < -0.4 is 10.6 Å². The molecule has 3 atom stereocenters. The molecule has 2 aliphatic rings. The summed E-state index contributed by atoms with van der Waals surface area (Å²) < 4.78 is 15.5. The molecule has 10 nitrogen and oxygen atoms in total. The lowest BCUT2D eigenvalue weighted by atomic mass is 10.1. The lowest BCUT2D eigenvalue weighted by Crippen LogP contribution is -2.52. The van der Waals surface area contributed by atoms with E-state index >= 15 is 0 Å². The first-order chi connectivity index (χ1) is 15.8. The number of hydrogen-bond acceptors (Lipinski definition) is 7. The second-order valence-electron chi connectivity index (χ2n) is 7.81. The highest BCUT2D eigenvalue weighted by Gasteiger charge is 2.40. The second-order valence-corrected chi connectivity index (χ2v) is 8.22. The molecule has 2 N–H and O–H groups in total. The molecule has 180 valence electrons. The maximum Gasteiger partial charge on any atom is 0.310 e. The molecule has 3 amide bonds. The number of halogens is 1. The Bertz CT molecular complexity index is 910. The molecule has 1 aromatic carbocycles. The number of benzene rings is 1. The van der Waals surface area contributed by atoms with E-state index in [2.05, 4.69) is 10.6 Å². The smallest absolute Gasteiger partial charge is 0.310 e. The minimum absolute atomic E-state index is 0.0110.